The van der Waals surface area contributed by atoms with Crippen molar-refractivity contribution >= 4 is 11.9 Å². The summed E-state index contributed by atoms with van der Waals surface area (Å²) in [6.45, 7) is 5.66. The molecule has 5 rings (SSSR count). The highest BCUT2D eigenvalue weighted by molar-refractivity contribution is 5.83. The van der Waals surface area contributed by atoms with Crippen LogP contribution in [0.4, 0.5) is 13.2 Å². The summed E-state index contributed by atoms with van der Waals surface area (Å²) in [5.41, 5.74) is -5.92. The fraction of sp³-hybridized carbons (Fsp3) is 0.680. The predicted molar refractivity (Wildman–Crippen MR) is 112 cm³/mol. The summed E-state index contributed by atoms with van der Waals surface area (Å²) in [7, 11) is 0.849. The van der Waals surface area contributed by atoms with E-state index in [9.17, 15) is 22.8 Å². The number of hydrogen-bond acceptors (Lipinski definition) is 6. The second kappa shape index (κ2) is 7.20. The van der Waals surface area contributed by atoms with Gasteiger partial charge in [-0.05, 0) is 32.6 Å². The van der Waals surface area contributed by atoms with Gasteiger partial charge in [0.25, 0.3) is 5.60 Å². The predicted octanol–water partition coefficient (Wildman–Crippen LogP) is 4.30. The maximum Gasteiger partial charge on any atom is 0.432 e. The zero-order chi connectivity index (χ0) is 24.7. The molecule has 0 N–H and O–H groups in total. The van der Waals surface area contributed by atoms with E-state index in [4.69, 9.17) is 18.9 Å². The number of hydrogen-bond donors (Lipinski definition) is 0. The van der Waals surface area contributed by atoms with Crippen LogP contribution in [0.3, 0.4) is 0 Å². The molecule has 2 saturated carbocycles. The van der Waals surface area contributed by atoms with E-state index in [-0.39, 0.29) is 28.8 Å². The van der Waals surface area contributed by atoms with Crippen LogP contribution in [0.25, 0.3) is 0 Å². The Morgan fingerprint density at radius 1 is 1.12 bits per heavy atom. The number of methoxy groups -OCH3 is 1. The van der Waals surface area contributed by atoms with Gasteiger partial charge in [-0.25, -0.2) is 4.79 Å². The molecule has 2 aliphatic heterocycles. The van der Waals surface area contributed by atoms with E-state index in [0.29, 0.717) is 12.8 Å². The van der Waals surface area contributed by atoms with Crippen molar-refractivity contribution in [1.29, 1.82) is 0 Å². The number of epoxide rings is 1. The first-order chi connectivity index (χ1) is 15.9. The van der Waals surface area contributed by atoms with E-state index in [1.54, 1.807) is 13.0 Å². The monoisotopic (exact) mass is 482 g/mol. The molecular weight excluding hydrogens is 453 g/mol. The van der Waals surface area contributed by atoms with Crippen LogP contribution in [0, 0.1) is 17.3 Å². The van der Waals surface area contributed by atoms with Gasteiger partial charge in [0.2, 0.25) is 0 Å². The van der Waals surface area contributed by atoms with E-state index >= 15 is 0 Å². The topological polar surface area (TPSA) is 74.4 Å². The number of esters is 2. The molecule has 4 fully saturated rings. The molecule has 0 amide bonds. The van der Waals surface area contributed by atoms with Crippen molar-refractivity contribution < 1.29 is 41.7 Å². The summed E-state index contributed by atoms with van der Waals surface area (Å²) < 4.78 is 65.7. The van der Waals surface area contributed by atoms with Gasteiger partial charge in [-0.1, -0.05) is 44.2 Å². The average Bonchev–Trinajstić information content (AvgIpc) is 3.34. The summed E-state index contributed by atoms with van der Waals surface area (Å²) in [4.78, 5) is 25.7. The second-order valence-corrected chi connectivity index (χ2v) is 10.5. The molecule has 2 saturated heterocycles. The molecule has 0 aromatic heterocycles. The van der Waals surface area contributed by atoms with Gasteiger partial charge in [0.05, 0.1) is 5.92 Å². The Hall–Kier alpha value is -2.13. The van der Waals surface area contributed by atoms with Crippen LogP contribution < -0.4 is 0 Å². The molecule has 9 heteroatoms. The maximum atomic E-state index is 14.3. The minimum Gasteiger partial charge on any atom is -0.459 e. The van der Waals surface area contributed by atoms with Gasteiger partial charge in [-0.3, -0.25) is 4.79 Å². The summed E-state index contributed by atoms with van der Waals surface area (Å²) in [5, 5.41) is 0. The van der Waals surface area contributed by atoms with Crippen LogP contribution in [-0.4, -0.2) is 48.6 Å². The van der Waals surface area contributed by atoms with E-state index in [1.165, 1.54) is 24.3 Å². The molecule has 0 unspecified atom stereocenters. The lowest BCUT2D eigenvalue weighted by atomic mass is 9.52. The number of halogens is 3. The number of fused-ring (bicyclic) bond motifs is 1. The van der Waals surface area contributed by atoms with Crippen molar-refractivity contribution in [2.75, 3.05) is 7.11 Å². The Balaban J connectivity index is 1.48. The minimum atomic E-state index is -5.06. The summed E-state index contributed by atoms with van der Waals surface area (Å²) in [6, 6.07) is 6.76. The lowest BCUT2D eigenvalue weighted by molar-refractivity contribution is -0.279. The van der Waals surface area contributed by atoms with E-state index < -0.39 is 41.2 Å². The quantitative estimate of drug-likeness (QED) is 0.471. The Kier molecular flexibility index (Phi) is 5.00. The fourth-order valence-electron chi connectivity index (χ4n) is 7.04. The first kappa shape index (κ1) is 23.6. The Morgan fingerprint density at radius 3 is 2.38 bits per heavy atom. The molecule has 4 aliphatic rings. The molecule has 6 nitrogen and oxygen atoms in total. The number of ether oxygens (including phenoxy) is 4. The van der Waals surface area contributed by atoms with Crippen LogP contribution in [0.5, 0.6) is 0 Å². The summed E-state index contributed by atoms with van der Waals surface area (Å²) in [5.74, 6) is -2.12. The normalized spacial score (nSPS) is 42.5. The lowest BCUT2D eigenvalue weighted by Crippen LogP contribution is -2.62. The fourth-order valence-corrected chi connectivity index (χ4v) is 7.04. The smallest absolute Gasteiger partial charge is 0.432 e. The van der Waals surface area contributed by atoms with Crippen LogP contribution >= 0.6 is 0 Å². The Labute approximate surface area is 196 Å². The van der Waals surface area contributed by atoms with Gasteiger partial charge in [0.15, 0.2) is 0 Å². The first-order valence-corrected chi connectivity index (χ1v) is 11.7. The molecule has 186 valence electrons. The second-order valence-electron chi connectivity index (χ2n) is 10.5. The highest BCUT2D eigenvalue weighted by atomic mass is 19.4. The van der Waals surface area contributed by atoms with Gasteiger partial charge >= 0.3 is 18.1 Å². The maximum absolute atomic E-state index is 14.3. The SMILES string of the molecule is CO[C@@](C(=O)O[C@@H]1CC[C@]2(C)CC[C@H]3[C@H](C)C(=O)O[C@@H]3[C@@]23O[C@@]13C)(c1ccccc1)C(F)(F)F. The van der Waals surface area contributed by atoms with Crippen LogP contribution in [-0.2, 0) is 34.1 Å². The minimum absolute atomic E-state index is 0.0330. The third-order valence-corrected chi connectivity index (χ3v) is 9.04. The molecule has 2 aliphatic carbocycles. The zero-order valence-electron chi connectivity index (χ0n) is 19.6. The van der Waals surface area contributed by atoms with E-state index in [0.717, 1.165) is 20.0 Å². The number of carbonyl (C=O) groups excluding carboxylic acids is 2. The van der Waals surface area contributed by atoms with Gasteiger partial charge < -0.3 is 18.9 Å². The number of benzene rings is 1. The Morgan fingerprint density at radius 2 is 1.76 bits per heavy atom. The van der Waals surface area contributed by atoms with Gasteiger partial charge in [-0.2, -0.15) is 13.2 Å². The Bertz CT molecular complexity index is 1010. The van der Waals surface area contributed by atoms with Gasteiger partial charge in [0.1, 0.15) is 23.4 Å². The van der Waals surface area contributed by atoms with Crippen LogP contribution in [0.2, 0.25) is 0 Å². The number of rotatable bonds is 4. The highest BCUT2D eigenvalue weighted by Gasteiger charge is 2.87. The van der Waals surface area contributed by atoms with Crippen molar-refractivity contribution in [2.24, 2.45) is 17.3 Å². The van der Waals surface area contributed by atoms with E-state index in [1.807, 2.05) is 6.92 Å². The van der Waals surface area contributed by atoms with Crippen molar-refractivity contribution in [1.82, 2.24) is 0 Å². The van der Waals surface area contributed by atoms with Crippen LogP contribution in [0.15, 0.2) is 30.3 Å². The molecule has 8 atom stereocenters. The van der Waals surface area contributed by atoms with Gasteiger partial charge in [-0.15, -0.1) is 0 Å². The first-order valence-electron chi connectivity index (χ1n) is 11.7. The van der Waals surface area contributed by atoms with Crippen molar-refractivity contribution in [2.45, 2.75) is 81.6 Å². The van der Waals surface area contributed by atoms with Crippen LogP contribution in [0.1, 0.15) is 52.0 Å². The number of alkyl halides is 3. The standard InChI is InChI=1S/C25H29F3O6/c1-14-16-10-12-21(2)13-11-17(22(3)24(21,34-22)18(16)33-19(14)29)32-20(30)23(31-4,25(26,27)28)15-8-6-5-7-9-15/h5-9,14,16-18H,10-13H2,1-4H3/t14-,16-,17+,18-,21-,22-,23+,24+/m0/s1. The zero-order valence-corrected chi connectivity index (χ0v) is 19.6. The number of carbonyl (C=O) groups is 2. The molecule has 34 heavy (non-hydrogen) atoms. The van der Waals surface area contributed by atoms with Gasteiger partial charge in [0, 0.05) is 24.0 Å². The average molecular weight is 482 g/mol. The molecule has 0 bridgehead atoms. The third-order valence-electron chi connectivity index (χ3n) is 9.04. The third kappa shape index (κ3) is 2.71. The summed E-state index contributed by atoms with van der Waals surface area (Å²) in [6.07, 6.45) is -3.97. The largest absolute Gasteiger partial charge is 0.459 e. The highest BCUT2D eigenvalue weighted by Crippen LogP contribution is 2.73. The molecule has 1 aromatic rings. The lowest BCUT2D eigenvalue weighted by Gasteiger charge is -2.50. The molecule has 1 spiro atoms. The molecular formula is C25H29F3O6. The molecule has 2 heterocycles. The van der Waals surface area contributed by atoms with Crippen molar-refractivity contribution in [3.05, 3.63) is 35.9 Å². The van der Waals surface area contributed by atoms with E-state index in [2.05, 4.69) is 6.92 Å². The molecule has 1 aromatic carbocycles. The van der Waals surface area contributed by atoms with Crippen molar-refractivity contribution in [3.8, 4) is 0 Å². The summed E-state index contributed by atoms with van der Waals surface area (Å²) >= 11 is 0. The van der Waals surface area contributed by atoms with Crippen molar-refractivity contribution in [3.63, 3.8) is 0 Å². The molecule has 0 radical (unpaired) electrons.